The third-order valence-electron chi connectivity index (χ3n) is 3.26. The van der Waals surface area contributed by atoms with Crippen LogP contribution in [0.1, 0.15) is 52.7 Å². The van der Waals surface area contributed by atoms with E-state index in [9.17, 15) is 0 Å². The maximum Gasteiger partial charge on any atom is 0.0713 e. The normalized spacial score (nSPS) is 13.1. The molecule has 0 heterocycles. The summed E-state index contributed by atoms with van der Waals surface area (Å²) < 4.78 is 5.23. The highest BCUT2D eigenvalue weighted by molar-refractivity contribution is 7.60. The molecule has 0 aliphatic rings. The zero-order valence-electron chi connectivity index (χ0n) is 13.6. The van der Waals surface area contributed by atoms with E-state index in [1.165, 1.54) is 17.3 Å². The molecule has 0 saturated heterocycles. The smallest absolute Gasteiger partial charge is 0.0713 e. The fourth-order valence-corrected chi connectivity index (χ4v) is 6.17. The summed E-state index contributed by atoms with van der Waals surface area (Å²) in [5.74, 6) is 0. The number of hydrogen-bond acceptors (Lipinski definition) is 1. The van der Waals surface area contributed by atoms with Crippen molar-refractivity contribution in [1.82, 2.24) is 0 Å². The van der Waals surface area contributed by atoms with Crippen molar-refractivity contribution in [3.05, 3.63) is 35.4 Å². The van der Waals surface area contributed by atoms with Crippen LogP contribution in [0.4, 0.5) is 0 Å². The predicted octanol–water partition coefficient (Wildman–Crippen LogP) is 5.41. The van der Waals surface area contributed by atoms with E-state index < -0.39 is 0 Å². The summed E-state index contributed by atoms with van der Waals surface area (Å²) in [7, 11) is 1.67. The molecule has 108 valence electrons. The minimum Gasteiger partial charge on any atom is -0.380 e. The van der Waals surface area contributed by atoms with Gasteiger partial charge in [0.1, 0.15) is 0 Å². The Kier molecular flexibility index (Phi) is 5.59. The third-order valence-corrected chi connectivity index (χ3v) is 7.18. The van der Waals surface area contributed by atoms with Crippen molar-refractivity contribution >= 4 is 7.92 Å². The van der Waals surface area contributed by atoms with Gasteiger partial charge in [0, 0.05) is 7.11 Å². The van der Waals surface area contributed by atoms with E-state index in [1.807, 2.05) is 0 Å². The molecule has 0 amide bonds. The minimum absolute atomic E-state index is 0.0815. The first-order valence-electron chi connectivity index (χ1n) is 6.99. The van der Waals surface area contributed by atoms with E-state index in [-0.39, 0.29) is 7.92 Å². The number of hydrogen-bond donors (Lipinski definition) is 0. The lowest BCUT2D eigenvalue weighted by molar-refractivity contribution is 0.185. The van der Waals surface area contributed by atoms with Gasteiger partial charge in [-0.05, 0) is 27.6 Å². The molecule has 0 unspecified atom stereocenters. The SMILES string of the molecule is COCc1cccc(CP(C(C)(C)C)C(C)(C)C)c1. The highest BCUT2D eigenvalue weighted by Gasteiger charge is 2.33. The zero-order valence-corrected chi connectivity index (χ0v) is 14.5. The van der Waals surface area contributed by atoms with Crippen LogP contribution in [0.3, 0.4) is 0 Å². The van der Waals surface area contributed by atoms with Gasteiger partial charge in [0.15, 0.2) is 0 Å². The average molecular weight is 280 g/mol. The molecule has 2 heteroatoms. The van der Waals surface area contributed by atoms with Crippen LogP contribution in [0.25, 0.3) is 0 Å². The number of benzene rings is 1. The molecule has 0 aliphatic carbocycles. The molecular formula is C17H29OP. The second-order valence-electron chi connectivity index (χ2n) is 7.18. The second kappa shape index (κ2) is 6.37. The molecule has 1 aromatic carbocycles. The van der Waals surface area contributed by atoms with Crippen molar-refractivity contribution in [2.24, 2.45) is 0 Å². The molecule has 1 aromatic rings. The molecule has 1 nitrogen and oxygen atoms in total. The first-order chi connectivity index (χ1) is 8.64. The van der Waals surface area contributed by atoms with Gasteiger partial charge in [-0.25, -0.2) is 0 Å². The summed E-state index contributed by atoms with van der Waals surface area (Å²) in [5.41, 5.74) is 2.73. The molecule has 0 aromatic heterocycles. The van der Waals surface area contributed by atoms with Crippen molar-refractivity contribution in [2.45, 2.75) is 64.6 Å². The second-order valence-corrected chi connectivity index (χ2v) is 11.0. The largest absolute Gasteiger partial charge is 0.380 e. The van der Waals surface area contributed by atoms with Crippen molar-refractivity contribution in [3.8, 4) is 0 Å². The van der Waals surface area contributed by atoms with Gasteiger partial charge in [-0.1, -0.05) is 73.7 Å². The lowest BCUT2D eigenvalue weighted by atomic mass is 10.1. The highest BCUT2D eigenvalue weighted by Crippen LogP contribution is 2.61. The molecule has 1 rings (SSSR count). The van der Waals surface area contributed by atoms with Crippen LogP contribution in [0.5, 0.6) is 0 Å². The number of methoxy groups -OCH3 is 1. The lowest BCUT2D eigenvalue weighted by Gasteiger charge is -2.41. The Balaban J connectivity index is 2.94. The maximum absolute atomic E-state index is 5.23. The van der Waals surface area contributed by atoms with Crippen LogP contribution in [0, 0.1) is 0 Å². The van der Waals surface area contributed by atoms with E-state index in [1.54, 1.807) is 7.11 Å². The van der Waals surface area contributed by atoms with E-state index in [4.69, 9.17) is 4.74 Å². The number of ether oxygens (including phenoxy) is 1. The Morgan fingerprint density at radius 1 is 0.947 bits per heavy atom. The van der Waals surface area contributed by atoms with E-state index in [0.29, 0.717) is 16.9 Å². The first kappa shape index (κ1) is 16.7. The van der Waals surface area contributed by atoms with Gasteiger partial charge in [0.2, 0.25) is 0 Å². The average Bonchev–Trinajstić information content (AvgIpc) is 2.24. The standard InChI is InChI=1S/C17H29OP/c1-16(2,3)19(17(4,5)6)13-15-10-8-9-14(11-15)12-18-7/h8-11H,12-13H2,1-7H3. The molecule has 19 heavy (non-hydrogen) atoms. The Morgan fingerprint density at radius 3 is 1.95 bits per heavy atom. The monoisotopic (exact) mass is 280 g/mol. The minimum atomic E-state index is -0.0815. The maximum atomic E-state index is 5.23. The van der Waals surface area contributed by atoms with Crippen LogP contribution >= 0.6 is 7.92 Å². The predicted molar refractivity (Wildman–Crippen MR) is 87.3 cm³/mol. The van der Waals surface area contributed by atoms with E-state index >= 15 is 0 Å². The summed E-state index contributed by atoms with van der Waals surface area (Å²) >= 11 is 0. The molecule has 0 aliphatic heterocycles. The third kappa shape index (κ3) is 5.24. The van der Waals surface area contributed by atoms with Gasteiger partial charge in [-0.2, -0.15) is 0 Å². The van der Waals surface area contributed by atoms with Crippen LogP contribution in [0.2, 0.25) is 0 Å². The molecule has 0 spiro atoms. The number of rotatable bonds is 4. The Labute approximate surface area is 120 Å². The van der Waals surface area contributed by atoms with Gasteiger partial charge in [-0.15, -0.1) is 0 Å². The molecule has 0 radical (unpaired) electrons. The van der Waals surface area contributed by atoms with Gasteiger partial charge in [-0.3, -0.25) is 0 Å². The van der Waals surface area contributed by atoms with E-state index in [2.05, 4.69) is 65.8 Å². The summed E-state index contributed by atoms with van der Waals surface area (Å²) in [4.78, 5) is 0. The molecule has 0 bridgehead atoms. The van der Waals surface area contributed by atoms with Crippen molar-refractivity contribution in [1.29, 1.82) is 0 Å². The highest BCUT2D eigenvalue weighted by atomic mass is 31.1. The molecule has 0 N–H and O–H groups in total. The van der Waals surface area contributed by atoms with Crippen LogP contribution < -0.4 is 0 Å². The fourth-order valence-electron chi connectivity index (χ4n) is 2.65. The lowest BCUT2D eigenvalue weighted by Crippen LogP contribution is -2.25. The van der Waals surface area contributed by atoms with Crippen LogP contribution in [-0.4, -0.2) is 17.4 Å². The Morgan fingerprint density at radius 2 is 1.47 bits per heavy atom. The van der Waals surface area contributed by atoms with Gasteiger partial charge in [0.25, 0.3) is 0 Å². The fraction of sp³-hybridized carbons (Fsp3) is 0.647. The topological polar surface area (TPSA) is 9.23 Å². The molecule has 0 atom stereocenters. The van der Waals surface area contributed by atoms with Crippen molar-refractivity contribution < 1.29 is 4.74 Å². The van der Waals surface area contributed by atoms with Gasteiger partial charge < -0.3 is 4.74 Å². The van der Waals surface area contributed by atoms with Gasteiger partial charge in [0.05, 0.1) is 6.61 Å². The first-order valence-corrected chi connectivity index (χ1v) is 8.52. The van der Waals surface area contributed by atoms with E-state index in [0.717, 1.165) is 0 Å². The summed E-state index contributed by atoms with van der Waals surface area (Å²) in [6.45, 7) is 15.0. The quantitative estimate of drug-likeness (QED) is 0.670. The molecule has 0 fully saturated rings. The van der Waals surface area contributed by atoms with Crippen molar-refractivity contribution in [2.75, 3.05) is 7.11 Å². The molecular weight excluding hydrogens is 251 g/mol. The van der Waals surface area contributed by atoms with Crippen LogP contribution in [-0.2, 0) is 17.5 Å². The van der Waals surface area contributed by atoms with Crippen molar-refractivity contribution in [3.63, 3.8) is 0 Å². The zero-order chi connectivity index (χ0) is 14.7. The Hall–Kier alpha value is -0.390. The summed E-state index contributed by atoms with van der Waals surface area (Å²) in [6, 6.07) is 8.86. The molecule has 0 saturated carbocycles. The summed E-state index contributed by atoms with van der Waals surface area (Å²) in [6.07, 6.45) is 1.19. The Bertz CT molecular complexity index is 384. The summed E-state index contributed by atoms with van der Waals surface area (Å²) in [5, 5.41) is 0.760. The van der Waals surface area contributed by atoms with Gasteiger partial charge >= 0.3 is 0 Å². The van der Waals surface area contributed by atoms with Crippen LogP contribution in [0.15, 0.2) is 24.3 Å².